The predicted molar refractivity (Wildman–Crippen MR) is 152 cm³/mol. The lowest BCUT2D eigenvalue weighted by Crippen LogP contribution is -2.54. The molecule has 3 aliphatic rings. The summed E-state index contributed by atoms with van der Waals surface area (Å²) in [5.41, 5.74) is 1.62. The van der Waals surface area contributed by atoms with Gasteiger partial charge in [-0.05, 0) is 42.5 Å². The Hall–Kier alpha value is -2.27. The van der Waals surface area contributed by atoms with E-state index in [2.05, 4.69) is 22.3 Å². The number of carbonyl (C=O) groups is 1. The van der Waals surface area contributed by atoms with E-state index in [1.165, 1.54) is 11.8 Å². The number of benzene rings is 2. The molecule has 1 amide bonds. The normalized spacial score (nSPS) is 24.9. The van der Waals surface area contributed by atoms with E-state index in [0.29, 0.717) is 45.6 Å². The van der Waals surface area contributed by atoms with E-state index < -0.39 is 30.5 Å². The Morgan fingerprint density at radius 2 is 1.56 bits per heavy atom. The first-order chi connectivity index (χ1) is 18.5. The second-order valence-electron chi connectivity index (χ2n) is 11.4. The second-order valence-corrected chi connectivity index (χ2v) is 15.8. The summed E-state index contributed by atoms with van der Waals surface area (Å²) in [4.78, 5) is 17.9. The molecule has 3 atom stereocenters. The van der Waals surface area contributed by atoms with Crippen LogP contribution < -0.4 is 5.32 Å². The van der Waals surface area contributed by atoms with Gasteiger partial charge in [-0.15, -0.1) is 0 Å². The van der Waals surface area contributed by atoms with E-state index in [4.69, 9.17) is 0 Å². The number of likely N-dealkylation sites (tertiary alicyclic amines) is 2. The first-order valence-electron chi connectivity index (χ1n) is 13.8. The van der Waals surface area contributed by atoms with Gasteiger partial charge in [0.25, 0.3) is 0 Å². The zero-order chi connectivity index (χ0) is 27.8. The molecule has 3 heterocycles. The van der Waals surface area contributed by atoms with Gasteiger partial charge in [0.15, 0.2) is 19.7 Å². The van der Waals surface area contributed by atoms with E-state index in [9.17, 15) is 21.6 Å². The van der Waals surface area contributed by atoms with Crippen molar-refractivity contribution < 1.29 is 21.6 Å². The number of sulfone groups is 2. The van der Waals surface area contributed by atoms with Crippen LogP contribution >= 0.6 is 0 Å². The fourth-order valence-corrected chi connectivity index (χ4v) is 9.23. The molecule has 1 unspecified atom stereocenters. The largest absolute Gasteiger partial charge is 0.338 e. The van der Waals surface area contributed by atoms with Crippen molar-refractivity contribution in [3.63, 3.8) is 0 Å². The Kier molecular flexibility index (Phi) is 7.94. The van der Waals surface area contributed by atoms with Gasteiger partial charge < -0.3 is 10.2 Å². The number of nitrogens with one attached hydrogen (secondary N) is 1. The smallest absolute Gasteiger partial charge is 0.229 e. The van der Waals surface area contributed by atoms with Gasteiger partial charge in [-0.3, -0.25) is 9.69 Å². The molecule has 39 heavy (non-hydrogen) atoms. The Morgan fingerprint density at radius 3 is 2.18 bits per heavy atom. The summed E-state index contributed by atoms with van der Waals surface area (Å²) in [6.07, 6.45) is 3.26. The fourth-order valence-electron chi connectivity index (χ4n) is 6.78. The van der Waals surface area contributed by atoms with E-state index in [1.54, 1.807) is 31.2 Å². The maximum absolute atomic E-state index is 13.6. The van der Waals surface area contributed by atoms with Crippen molar-refractivity contribution in [2.75, 3.05) is 44.7 Å². The van der Waals surface area contributed by atoms with Crippen molar-refractivity contribution in [1.82, 2.24) is 15.1 Å². The van der Waals surface area contributed by atoms with Crippen LogP contribution in [0.4, 0.5) is 0 Å². The number of carbonyl (C=O) groups excluding carboxylic acids is 1. The molecule has 0 bridgehead atoms. The monoisotopic (exact) mass is 573 g/mol. The SMILES string of the molecule is CCS(=O)(=O)C([C@@H]1CNC[C@@H]1c1ccccc1)N1CCC2(CCN(Cc3ccc(S(C)(=O)=O)cc3)C2=O)CC1. The van der Waals surface area contributed by atoms with E-state index in [1.807, 2.05) is 23.1 Å². The third-order valence-electron chi connectivity index (χ3n) is 9.07. The molecule has 10 heteroatoms. The van der Waals surface area contributed by atoms with Gasteiger partial charge in [0.2, 0.25) is 5.91 Å². The molecule has 3 saturated heterocycles. The lowest BCUT2D eigenvalue weighted by molar-refractivity contribution is -0.139. The van der Waals surface area contributed by atoms with Crippen LogP contribution in [0.5, 0.6) is 0 Å². The van der Waals surface area contributed by atoms with E-state index in [-0.39, 0.29) is 28.4 Å². The molecule has 5 rings (SSSR count). The highest BCUT2D eigenvalue weighted by molar-refractivity contribution is 7.92. The maximum atomic E-state index is 13.6. The Bertz CT molecular complexity index is 1390. The average Bonchev–Trinajstić information content (AvgIpc) is 3.51. The zero-order valence-corrected chi connectivity index (χ0v) is 24.4. The van der Waals surface area contributed by atoms with Crippen LogP contribution in [0.3, 0.4) is 0 Å². The molecule has 2 aromatic rings. The first kappa shape index (κ1) is 28.3. The van der Waals surface area contributed by atoms with Crippen LogP contribution in [0.1, 0.15) is 43.2 Å². The summed E-state index contributed by atoms with van der Waals surface area (Å²) in [5.74, 6) is 0.319. The molecule has 0 radical (unpaired) electrons. The van der Waals surface area contributed by atoms with Crippen molar-refractivity contribution in [2.24, 2.45) is 11.3 Å². The van der Waals surface area contributed by atoms with Crippen LogP contribution in [-0.4, -0.2) is 82.6 Å². The third kappa shape index (κ3) is 5.66. The zero-order valence-electron chi connectivity index (χ0n) is 22.8. The Balaban J connectivity index is 1.29. The minimum absolute atomic E-state index is 0.0444. The number of hydrogen-bond donors (Lipinski definition) is 1. The summed E-state index contributed by atoms with van der Waals surface area (Å²) in [5, 5.41) is 2.88. The van der Waals surface area contributed by atoms with Crippen molar-refractivity contribution >= 4 is 25.6 Å². The van der Waals surface area contributed by atoms with Crippen LogP contribution in [-0.2, 0) is 31.0 Å². The average molecular weight is 574 g/mol. The highest BCUT2D eigenvalue weighted by Crippen LogP contribution is 2.44. The fraction of sp³-hybridized carbons (Fsp3) is 0.552. The van der Waals surface area contributed by atoms with E-state index >= 15 is 0 Å². The molecule has 3 aliphatic heterocycles. The molecule has 212 valence electrons. The van der Waals surface area contributed by atoms with Crippen molar-refractivity contribution in [3.05, 3.63) is 65.7 Å². The third-order valence-corrected chi connectivity index (χ3v) is 12.4. The summed E-state index contributed by atoms with van der Waals surface area (Å²) in [6.45, 7) is 5.44. The lowest BCUT2D eigenvalue weighted by atomic mass is 9.76. The number of hydrogen-bond acceptors (Lipinski definition) is 7. The topological polar surface area (TPSA) is 104 Å². The Morgan fingerprint density at radius 1 is 0.923 bits per heavy atom. The van der Waals surface area contributed by atoms with Crippen LogP contribution in [0.15, 0.2) is 59.5 Å². The first-order valence-corrected chi connectivity index (χ1v) is 17.4. The number of nitrogens with zero attached hydrogens (tertiary/aromatic N) is 2. The lowest BCUT2D eigenvalue weighted by Gasteiger charge is -2.43. The van der Waals surface area contributed by atoms with Gasteiger partial charge in [0.05, 0.1) is 10.3 Å². The summed E-state index contributed by atoms with van der Waals surface area (Å²) < 4.78 is 50.5. The molecule has 0 saturated carbocycles. The van der Waals surface area contributed by atoms with Crippen LogP contribution in [0.2, 0.25) is 0 Å². The molecular weight excluding hydrogens is 534 g/mol. The molecule has 1 spiro atoms. The van der Waals surface area contributed by atoms with Crippen LogP contribution in [0.25, 0.3) is 0 Å². The summed E-state index contributed by atoms with van der Waals surface area (Å²) in [7, 11) is -6.61. The predicted octanol–water partition coefficient (Wildman–Crippen LogP) is 2.67. The Labute approximate surface area is 232 Å². The number of amides is 1. The van der Waals surface area contributed by atoms with E-state index in [0.717, 1.165) is 18.5 Å². The highest BCUT2D eigenvalue weighted by atomic mass is 32.2. The van der Waals surface area contributed by atoms with Crippen molar-refractivity contribution in [2.45, 2.75) is 48.9 Å². The van der Waals surface area contributed by atoms with Gasteiger partial charge in [-0.25, -0.2) is 16.8 Å². The minimum atomic E-state index is -3.35. The van der Waals surface area contributed by atoms with Gasteiger partial charge >= 0.3 is 0 Å². The quantitative estimate of drug-likeness (QED) is 0.518. The molecule has 3 fully saturated rings. The van der Waals surface area contributed by atoms with Crippen molar-refractivity contribution in [1.29, 1.82) is 0 Å². The molecule has 1 N–H and O–H groups in total. The van der Waals surface area contributed by atoms with Crippen molar-refractivity contribution in [3.8, 4) is 0 Å². The van der Waals surface area contributed by atoms with Gasteiger partial charge in [-0.1, -0.05) is 49.4 Å². The van der Waals surface area contributed by atoms with Gasteiger partial charge in [0.1, 0.15) is 5.37 Å². The molecule has 2 aromatic carbocycles. The number of rotatable bonds is 8. The second kappa shape index (κ2) is 11.0. The van der Waals surface area contributed by atoms with Gasteiger partial charge in [0, 0.05) is 63.1 Å². The molecule has 0 aromatic heterocycles. The molecular formula is C29H39N3O5S2. The maximum Gasteiger partial charge on any atom is 0.229 e. The summed E-state index contributed by atoms with van der Waals surface area (Å²) >= 11 is 0. The molecule has 0 aliphatic carbocycles. The number of piperidine rings is 1. The van der Waals surface area contributed by atoms with Crippen LogP contribution in [0, 0.1) is 11.3 Å². The summed E-state index contributed by atoms with van der Waals surface area (Å²) in [6, 6.07) is 16.9. The standard InChI is InChI=1S/C29H39N3O5S2/c1-3-39(36,37)27(26-20-30-19-25(26)23-7-5-4-6-8-23)31-16-13-29(14-17-31)15-18-32(28(29)33)21-22-9-11-24(12-10-22)38(2,34)35/h4-12,25-27,30H,3,13-21H2,1-2H3/t25-,26-,27?/m1/s1. The molecule has 8 nitrogen and oxygen atoms in total. The highest BCUT2D eigenvalue weighted by Gasteiger charge is 2.51. The van der Waals surface area contributed by atoms with Gasteiger partial charge in [-0.2, -0.15) is 0 Å². The minimum Gasteiger partial charge on any atom is -0.338 e.